The number of sulfonamides is 1. The van der Waals surface area contributed by atoms with Crippen molar-refractivity contribution in [3.8, 4) is 0 Å². The summed E-state index contributed by atoms with van der Waals surface area (Å²) < 4.78 is 27.3. The maximum absolute atomic E-state index is 12.9. The number of carbonyl (C=O) groups excluding carboxylic acids is 1. The quantitative estimate of drug-likeness (QED) is 0.713. The first-order valence-electron chi connectivity index (χ1n) is 9.75. The number of nitrogens with one attached hydrogen (secondary N) is 1. The van der Waals surface area contributed by atoms with E-state index < -0.39 is 10.0 Å². The van der Waals surface area contributed by atoms with E-state index in [0.29, 0.717) is 30.8 Å². The minimum Gasteiger partial charge on any atom is -0.325 e. The van der Waals surface area contributed by atoms with E-state index in [1.807, 2.05) is 39.2 Å². The van der Waals surface area contributed by atoms with Crippen LogP contribution in [0.15, 0.2) is 46.2 Å². The number of thioether (sulfide) groups is 1. The fourth-order valence-electron chi connectivity index (χ4n) is 3.86. The smallest absolute Gasteiger partial charge is 0.243 e. The van der Waals surface area contributed by atoms with Gasteiger partial charge in [0.05, 0.1) is 4.90 Å². The van der Waals surface area contributed by atoms with Gasteiger partial charge in [0.1, 0.15) is 0 Å². The molecule has 0 unspecified atom stereocenters. The zero-order chi connectivity index (χ0) is 21.2. The Labute approximate surface area is 177 Å². The van der Waals surface area contributed by atoms with Gasteiger partial charge < -0.3 is 5.32 Å². The molecule has 1 aliphatic rings. The van der Waals surface area contributed by atoms with Crippen molar-refractivity contribution in [2.75, 3.05) is 24.7 Å². The number of amides is 1. The summed E-state index contributed by atoms with van der Waals surface area (Å²) in [4.78, 5) is 14.1. The molecule has 0 spiro atoms. The van der Waals surface area contributed by atoms with Crippen LogP contribution in [-0.4, -0.2) is 38.0 Å². The fourth-order valence-corrected chi connectivity index (χ4v) is 5.74. The molecule has 1 aliphatic heterocycles. The highest BCUT2D eigenvalue weighted by atomic mass is 32.2. The van der Waals surface area contributed by atoms with E-state index in [2.05, 4.69) is 17.4 Å². The molecule has 0 bridgehead atoms. The third-order valence-electron chi connectivity index (χ3n) is 5.45. The van der Waals surface area contributed by atoms with E-state index in [1.165, 1.54) is 9.87 Å². The topological polar surface area (TPSA) is 66.5 Å². The highest BCUT2D eigenvalue weighted by Crippen LogP contribution is 2.28. The molecule has 156 valence electrons. The molecule has 2 aromatic rings. The van der Waals surface area contributed by atoms with Gasteiger partial charge in [-0.3, -0.25) is 4.79 Å². The Balaban J connectivity index is 1.64. The van der Waals surface area contributed by atoms with Gasteiger partial charge in [0, 0.05) is 29.6 Å². The van der Waals surface area contributed by atoms with Crippen molar-refractivity contribution >= 4 is 33.4 Å². The second kappa shape index (κ2) is 8.90. The molecule has 0 aliphatic carbocycles. The van der Waals surface area contributed by atoms with Crippen LogP contribution >= 0.6 is 11.8 Å². The van der Waals surface area contributed by atoms with E-state index in [1.54, 1.807) is 23.9 Å². The standard InChI is InChI=1S/C22H28N2O3S2/c1-15-13-16(2)21(17(3)14-15)23-22(25)18-9-11-24(12-10-18)29(26,27)20-7-5-19(28-4)6-8-20/h5-8,13-14,18H,9-12H2,1-4H3,(H,23,25). The van der Waals surface area contributed by atoms with Crippen molar-refractivity contribution in [2.24, 2.45) is 5.92 Å². The number of carbonyl (C=O) groups is 1. The van der Waals surface area contributed by atoms with Crippen molar-refractivity contribution in [2.45, 2.75) is 43.4 Å². The molecule has 0 radical (unpaired) electrons. The number of hydrogen-bond acceptors (Lipinski definition) is 4. The van der Waals surface area contributed by atoms with E-state index in [-0.39, 0.29) is 11.8 Å². The van der Waals surface area contributed by atoms with Crippen molar-refractivity contribution in [1.82, 2.24) is 4.31 Å². The number of aryl methyl sites for hydroxylation is 3. The van der Waals surface area contributed by atoms with Gasteiger partial charge in [-0.2, -0.15) is 4.31 Å². The number of benzene rings is 2. The molecule has 29 heavy (non-hydrogen) atoms. The number of anilines is 1. The van der Waals surface area contributed by atoms with E-state index in [9.17, 15) is 13.2 Å². The summed E-state index contributed by atoms with van der Waals surface area (Å²) in [6, 6.07) is 11.1. The maximum atomic E-state index is 12.9. The van der Waals surface area contributed by atoms with Gasteiger partial charge in [-0.15, -0.1) is 11.8 Å². The molecule has 1 fully saturated rings. The van der Waals surface area contributed by atoms with Crippen molar-refractivity contribution in [3.63, 3.8) is 0 Å². The van der Waals surface area contributed by atoms with Gasteiger partial charge in [0.15, 0.2) is 0 Å². The van der Waals surface area contributed by atoms with Crippen LogP contribution in [0, 0.1) is 26.7 Å². The Hall–Kier alpha value is -1.83. The number of rotatable bonds is 5. The molecule has 5 nitrogen and oxygen atoms in total. The zero-order valence-corrected chi connectivity index (χ0v) is 19.0. The first-order valence-corrected chi connectivity index (χ1v) is 12.4. The fraction of sp³-hybridized carbons (Fsp3) is 0.409. The van der Waals surface area contributed by atoms with Crippen LogP contribution in [0.25, 0.3) is 0 Å². The van der Waals surface area contributed by atoms with E-state index in [4.69, 9.17) is 0 Å². The summed E-state index contributed by atoms with van der Waals surface area (Å²) in [5, 5.41) is 3.06. The lowest BCUT2D eigenvalue weighted by atomic mass is 9.96. The minimum absolute atomic E-state index is 0.0265. The molecule has 1 amide bonds. The minimum atomic E-state index is -3.52. The van der Waals surface area contributed by atoms with Crippen molar-refractivity contribution in [3.05, 3.63) is 53.1 Å². The maximum Gasteiger partial charge on any atom is 0.243 e. The molecular weight excluding hydrogens is 404 g/mol. The Morgan fingerprint density at radius 3 is 2.10 bits per heavy atom. The van der Waals surface area contributed by atoms with Crippen LogP contribution in [-0.2, 0) is 14.8 Å². The monoisotopic (exact) mass is 432 g/mol. The first-order chi connectivity index (χ1) is 13.7. The van der Waals surface area contributed by atoms with Crippen LogP contribution in [0.1, 0.15) is 29.5 Å². The van der Waals surface area contributed by atoms with Crippen molar-refractivity contribution < 1.29 is 13.2 Å². The summed E-state index contributed by atoms with van der Waals surface area (Å²) >= 11 is 1.58. The molecule has 0 atom stereocenters. The lowest BCUT2D eigenvalue weighted by Gasteiger charge is -2.30. The number of hydrogen-bond donors (Lipinski definition) is 1. The van der Waals surface area contributed by atoms with Crippen LogP contribution in [0.5, 0.6) is 0 Å². The van der Waals surface area contributed by atoms with Crippen LogP contribution < -0.4 is 5.32 Å². The zero-order valence-electron chi connectivity index (χ0n) is 17.4. The predicted octanol–water partition coefficient (Wildman–Crippen LogP) is 4.37. The normalized spacial score (nSPS) is 16.0. The van der Waals surface area contributed by atoms with Crippen LogP contribution in [0.2, 0.25) is 0 Å². The molecule has 1 saturated heterocycles. The van der Waals surface area contributed by atoms with Crippen molar-refractivity contribution in [1.29, 1.82) is 0 Å². The molecule has 3 rings (SSSR count). The summed E-state index contributed by atoms with van der Waals surface area (Å²) in [5.74, 6) is -0.207. The average molecular weight is 433 g/mol. The van der Waals surface area contributed by atoms with Crippen LogP contribution in [0.4, 0.5) is 5.69 Å². The largest absolute Gasteiger partial charge is 0.325 e. The summed E-state index contributed by atoms with van der Waals surface area (Å²) in [5.41, 5.74) is 4.13. The summed E-state index contributed by atoms with van der Waals surface area (Å²) in [6.07, 6.45) is 3.01. The third-order valence-corrected chi connectivity index (χ3v) is 8.10. The van der Waals surface area contributed by atoms with Gasteiger partial charge in [-0.1, -0.05) is 17.7 Å². The second-order valence-corrected chi connectivity index (χ2v) is 10.4. The van der Waals surface area contributed by atoms with E-state index in [0.717, 1.165) is 21.7 Å². The SMILES string of the molecule is CSc1ccc(S(=O)(=O)N2CCC(C(=O)Nc3c(C)cc(C)cc3C)CC2)cc1. The molecule has 2 aromatic carbocycles. The van der Waals surface area contributed by atoms with Gasteiger partial charge in [0.2, 0.25) is 15.9 Å². The van der Waals surface area contributed by atoms with Gasteiger partial charge >= 0.3 is 0 Å². The Bertz CT molecular complexity index is 970. The van der Waals surface area contributed by atoms with E-state index >= 15 is 0 Å². The molecular formula is C22H28N2O3S2. The molecule has 7 heteroatoms. The number of piperidine rings is 1. The Morgan fingerprint density at radius 1 is 1.03 bits per heavy atom. The second-order valence-electron chi connectivity index (χ2n) is 7.62. The number of nitrogens with zero attached hydrogens (tertiary/aromatic N) is 1. The van der Waals surface area contributed by atoms with Crippen LogP contribution in [0.3, 0.4) is 0 Å². The van der Waals surface area contributed by atoms with Gasteiger partial charge in [-0.05, 0) is 75.3 Å². The Morgan fingerprint density at radius 2 is 1.59 bits per heavy atom. The van der Waals surface area contributed by atoms with Gasteiger partial charge in [0.25, 0.3) is 0 Å². The molecule has 1 heterocycles. The first kappa shape index (κ1) is 21.9. The lowest BCUT2D eigenvalue weighted by Crippen LogP contribution is -2.41. The lowest BCUT2D eigenvalue weighted by molar-refractivity contribution is -0.120. The predicted molar refractivity (Wildman–Crippen MR) is 119 cm³/mol. The van der Waals surface area contributed by atoms with Gasteiger partial charge in [-0.25, -0.2) is 8.42 Å². The third kappa shape index (κ3) is 4.85. The molecule has 0 saturated carbocycles. The summed E-state index contributed by atoms with van der Waals surface area (Å²) in [6.45, 7) is 6.74. The summed E-state index contributed by atoms with van der Waals surface area (Å²) in [7, 11) is -3.52. The highest BCUT2D eigenvalue weighted by molar-refractivity contribution is 7.98. The molecule has 1 N–H and O–H groups in total. The Kier molecular flexibility index (Phi) is 6.71. The highest BCUT2D eigenvalue weighted by Gasteiger charge is 2.32. The average Bonchev–Trinajstić information content (AvgIpc) is 2.70. The molecule has 0 aromatic heterocycles.